The largest absolute Gasteiger partial charge is 0.502 e. The number of terminal acetylenes is 1. The van der Waals surface area contributed by atoms with Crippen LogP contribution in [0.4, 0.5) is 5.69 Å². The summed E-state index contributed by atoms with van der Waals surface area (Å²) in [5.41, 5.74) is -0.907. The van der Waals surface area contributed by atoms with E-state index in [-0.39, 0.29) is 18.7 Å². The topological polar surface area (TPSA) is 102 Å². The molecule has 8 heteroatoms. The van der Waals surface area contributed by atoms with Crippen LogP contribution in [0.15, 0.2) is 18.2 Å². The first-order valence-corrected chi connectivity index (χ1v) is 7.38. The molecule has 0 atom stereocenters. The Hall–Kier alpha value is -2.63. The van der Waals surface area contributed by atoms with Gasteiger partial charge in [0, 0.05) is 13.2 Å². The van der Waals surface area contributed by atoms with Crippen molar-refractivity contribution in [3.63, 3.8) is 0 Å². The molecule has 24 heavy (non-hydrogen) atoms. The number of phenolic OH excluding ortho intramolecular Hbond substituents is 1. The van der Waals surface area contributed by atoms with Gasteiger partial charge in [0.2, 0.25) is 0 Å². The fourth-order valence-corrected chi connectivity index (χ4v) is 2.10. The van der Waals surface area contributed by atoms with Crippen molar-refractivity contribution in [2.24, 2.45) is 0 Å². The molecule has 1 aromatic rings. The van der Waals surface area contributed by atoms with Crippen molar-refractivity contribution in [2.45, 2.75) is 20.1 Å². The van der Waals surface area contributed by atoms with Crippen LogP contribution in [0, 0.1) is 22.5 Å². The number of benzene rings is 1. The number of amides is 1. The Kier molecular flexibility index (Phi) is 7.68. The lowest BCUT2D eigenvalue weighted by molar-refractivity contribution is -0.386. The predicted octanol–water partition coefficient (Wildman–Crippen LogP) is 1.77. The molecule has 0 unspecified atom stereocenters. The number of hydrogen-bond acceptors (Lipinski definition) is 6. The second kappa shape index (κ2) is 9.50. The lowest BCUT2D eigenvalue weighted by Crippen LogP contribution is -2.40. The zero-order valence-corrected chi connectivity index (χ0v) is 13.6. The van der Waals surface area contributed by atoms with Gasteiger partial charge in [0.15, 0.2) is 12.0 Å². The quantitative estimate of drug-likeness (QED) is 0.319. The molecular weight excluding hydrogens is 316 g/mol. The van der Waals surface area contributed by atoms with E-state index in [4.69, 9.17) is 15.9 Å². The predicted molar refractivity (Wildman–Crippen MR) is 86.5 cm³/mol. The minimum absolute atomic E-state index is 0.0114. The molecule has 0 saturated heterocycles. The second-order valence-corrected chi connectivity index (χ2v) is 4.66. The van der Waals surface area contributed by atoms with E-state index in [1.807, 2.05) is 0 Å². The van der Waals surface area contributed by atoms with E-state index in [1.54, 1.807) is 13.8 Å². The third-order valence-electron chi connectivity index (χ3n) is 3.07. The van der Waals surface area contributed by atoms with Crippen LogP contribution in [0.3, 0.4) is 0 Å². The van der Waals surface area contributed by atoms with E-state index in [2.05, 4.69) is 5.92 Å². The Balaban J connectivity index is 3.13. The van der Waals surface area contributed by atoms with Crippen LogP contribution >= 0.6 is 0 Å². The molecule has 1 amide bonds. The van der Waals surface area contributed by atoms with E-state index in [0.29, 0.717) is 13.2 Å². The molecule has 0 heterocycles. The fraction of sp³-hybridized carbons (Fsp3) is 0.438. The highest BCUT2D eigenvalue weighted by Gasteiger charge is 2.29. The lowest BCUT2D eigenvalue weighted by atomic mass is 10.1. The monoisotopic (exact) mass is 336 g/mol. The molecule has 1 aromatic carbocycles. The minimum atomic E-state index is -0.806. The molecule has 1 N–H and O–H groups in total. The van der Waals surface area contributed by atoms with Crippen molar-refractivity contribution in [1.82, 2.24) is 4.90 Å². The Morgan fingerprint density at radius 1 is 1.42 bits per heavy atom. The summed E-state index contributed by atoms with van der Waals surface area (Å²) in [5.74, 6) is 1.07. The smallest absolute Gasteiger partial charge is 0.323 e. The molecule has 0 radical (unpaired) electrons. The number of para-hydroxylation sites is 1. The highest BCUT2D eigenvalue weighted by atomic mass is 16.7. The van der Waals surface area contributed by atoms with Crippen LogP contribution in [0.25, 0.3) is 0 Å². The number of nitro groups is 1. The number of hydrogen-bond donors (Lipinski definition) is 1. The first kappa shape index (κ1) is 19.4. The lowest BCUT2D eigenvalue weighted by Gasteiger charge is -2.25. The average Bonchev–Trinajstić information content (AvgIpc) is 2.53. The van der Waals surface area contributed by atoms with Crippen molar-refractivity contribution < 1.29 is 24.3 Å². The molecule has 0 spiro atoms. The summed E-state index contributed by atoms with van der Waals surface area (Å²) in [6.45, 7) is 4.22. The maximum Gasteiger partial charge on any atom is 0.323 e. The first-order valence-electron chi connectivity index (χ1n) is 7.38. The number of ether oxygens (including phenoxy) is 2. The molecule has 130 valence electrons. The SMILES string of the molecule is C#CCN(CC(OCC)OCC)C(=O)c1cccc(O)c1[N+](=O)[O-]. The van der Waals surface area contributed by atoms with Gasteiger partial charge in [-0.1, -0.05) is 12.0 Å². The van der Waals surface area contributed by atoms with Crippen LogP contribution in [0.5, 0.6) is 5.75 Å². The van der Waals surface area contributed by atoms with Gasteiger partial charge in [-0.15, -0.1) is 6.42 Å². The zero-order chi connectivity index (χ0) is 18.1. The number of rotatable bonds is 9. The number of carbonyl (C=O) groups is 1. The molecule has 0 fully saturated rings. The third kappa shape index (κ3) is 4.94. The maximum absolute atomic E-state index is 12.7. The van der Waals surface area contributed by atoms with Crippen molar-refractivity contribution in [3.8, 4) is 18.1 Å². The van der Waals surface area contributed by atoms with Crippen molar-refractivity contribution in [3.05, 3.63) is 33.9 Å². The van der Waals surface area contributed by atoms with Gasteiger partial charge in [-0.2, -0.15) is 0 Å². The van der Waals surface area contributed by atoms with Gasteiger partial charge in [-0.25, -0.2) is 0 Å². The molecule has 0 aromatic heterocycles. The minimum Gasteiger partial charge on any atom is -0.502 e. The van der Waals surface area contributed by atoms with Gasteiger partial charge >= 0.3 is 5.69 Å². The van der Waals surface area contributed by atoms with E-state index in [0.717, 1.165) is 6.07 Å². The summed E-state index contributed by atoms with van der Waals surface area (Å²) in [5, 5.41) is 20.8. The van der Waals surface area contributed by atoms with Crippen LogP contribution in [0.1, 0.15) is 24.2 Å². The highest BCUT2D eigenvalue weighted by molar-refractivity contribution is 5.99. The van der Waals surface area contributed by atoms with Gasteiger partial charge < -0.3 is 19.5 Å². The Bertz CT molecular complexity index is 619. The number of phenols is 1. The zero-order valence-electron chi connectivity index (χ0n) is 13.6. The second-order valence-electron chi connectivity index (χ2n) is 4.66. The first-order chi connectivity index (χ1) is 11.5. The standard InChI is InChI=1S/C16H20N2O6/c1-4-10-17(11-14(23-5-2)24-6-3)16(20)12-8-7-9-13(19)15(12)18(21)22/h1,7-9,14,19H,5-6,10-11H2,2-3H3. The van der Waals surface area contributed by atoms with E-state index in [9.17, 15) is 20.0 Å². The van der Waals surface area contributed by atoms with Gasteiger partial charge in [0.1, 0.15) is 5.56 Å². The van der Waals surface area contributed by atoms with Crippen LogP contribution < -0.4 is 0 Å². The third-order valence-corrected chi connectivity index (χ3v) is 3.07. The van der Waals surface area contributed by atoms with Crippen LogP contribution in [0.2, 0.25) is 0 Å². The summed E-state index contributed by atoms with van der Waals surface area (Å²) in [4.78, 5) is 24.2. The molecule has 0 saturated carbocycles. The normalized spacial score (nSPS) is 10.4. The summed E-state index contributed by atoms with van der Waals surface area (Å²) in [6, 6.07) is 3.76. The molecule has 0 bridgehead atoms. The molecule has 8 nitrogen and oxygen atoms in total. The number of carbonyl (C=O) groups excluding carboxylic acids is 1. The highest BCUT2D eigenvalue weighted by Crippen LogP contribution is 2.30. The van der Waals surface area contributed by atoms with Gasteiger partial charge in [0.05, 0.1) is 18.0 Å². The van der Waals surface area contributed by atoms with Crippen LogP contribution in [-0.2, 0) is 9.47 Å². The van der Waals surface area contributed by atoms with Crippen molar-refractivity contribution in [2.75, 3.05) is 26.3 Å². The number of nitro benzene ring substituents is 1. The summed E-state index contributed by atoms with van der Waals surface area (Å²) in [6.07, 6.45) is 4.59. The number of nitrogens with zero attached hydrogens (tertiary/aromatic N) is 2. The van der Waals surface area contributed by atoms with E-state index in [1.165, 1.54) is 17.0 Å². The average molecular weight is 336 g/mol. The van der Waals surface area contributed by atoms with Crippen molar-refractivity contribution >= 4 is 11.6 Å². The van der Waals surface area contributed by atoms with Gasteiger partial charge in [0.25, 0.3) is 5.91 Å². The molecule has 0 aliphatic carbocycles. The summed E-state index contributed by atoms with van der Waals surface area (Å²) >= 11 is 0. The summed E-state index contributed by atoms with van der Waals surface area (Å²) in [7, 11) is 0. The maximum atomic E-state index is 12.7. The number of aromatic hydroxyl groups is 1. The van der Waals surface area contributed by atoms with Gasteiger partial charge in [-0.05, 0) is 26.0 Å². The molecule has 0 aliphatic heterocycles. The Labute approximate surface area is 140 Å². The van der Waals surface area contributed by atoms with Crippen molar-refractivity contribution in [1.29, 1.82) is 0 Å². The van der Waals surface area contributed by atoms with E-state index < -0.39 is 28.6 Å². The Morgan fingerprint density at radius 2 is 2.04 bits per heavy atom. The Morgan fingerprint density at radius 3 is 2.54 bits per heavy atom. The molecular formula is C16H20N2O6. The molecule has 1 rings (SSSR count). The van der Waals surface area contributed by atoms with Crippen LogP contribution in [-0.4, -0.2) is 53.4 Å². The fourth-order valence-electron chi connectivity index (χ4n) is 2.10. The summed E-state index contributed by atoms with van der Waals surface area (Å²) < 4.78 is 10.8. The molecule has 0 aliphatic rings. The van der Waals surface area contributed by atoms with Gasteiger partial charge in [-0.3, -0.25) is 14.9 Å². The van der Waals surface area contributed by atoms with E-state index >= 15 is 0 Å².